The lowest BCUT2D eigenvalue weighted by molar-refractivity contribution is -0.914. The van der Waals surface area contributed by atoms with Crippen LogP contribution in [0.1, 0.15) is 47.0 Å². The van der Waals surface area contributed by atoms with Gasteiger partial charge in [-0.3, -0.25) is 4.79 Å². The second kappa shape index (κ2) is 8.07. The number of hydrogen-bond acceptors (Lipinski definition) is 4. The number of nitrogens with zero attached hydrogens (tertiary/aromatic N) is 4. The van der Waals surface area contributed by atoms with E-state index in [0.717, 1.165) is 53.8 Å². The number of nitrogens with one attached hydrogen (secondary N) is 2. The predicted octanol–water partition coefficient (Wildman–Crippen LogP) is 1.95. The van der Waals surface area contributed by atoms with Crippen molar-refractivity contribution in [2.45, 2.75) is 39.3 Å². The van der Waals surface area contributed by atoms with E-state index in [0.29, 0.717) is 6.54 Å². The maximum atomic E-state index is 13.2. The second-order valence-corrected chi connectivity index (χ2v) is 8.56. The number of rotatable bonds is 5. The zero-order valence-corrected chi connectivity index (χ0v) is 17.9. The van der Waals surface area contributed by atoms with Gasteiger partial charge in [-0.25, -0.2) is 4.68 Å². The Morgan fingerprint density at radius 2 is 1.81 bits per heavy atom. The molecular weight excluding hydrogens is 388 g/mol. The summed E-state index contributed by atoms with van der Waals surface area (Å²) in [6.45, 7) is 6.76. The SMILES string of the molecule is Cc1cc2cc([C@@H](c3nnnn3Cc3ccccc3)[NH+]3CCCC3)c(=O)[nH]c2cc1C. The van der Waals surface area contributed by atoms with Gasteiger partial charge >= 0.3 is 0 Å². The van der Waals surface area contributed by atoms with Gasteiger partial charge in [0.1, 0.15) is 0 Å². The maximum Gasteiger partial charge on any atom is 0.258 e. The van der Waals surface area contributed by atoms with Crippen LogP contribution in [0.3, 0.4) is 0 Å². The van der Waals surface area contributed by atoms with Crippen LogP contribution >= 0.6 is 0 Å². The smallest absolute Gasteiger partial charge is 0.258 e. The number of pyridine rings is 1. The summed E-state index contributed by atoms with van der Waals surface area (Å²) in [5, 5.41) is 13.7. The van der Waals surface area contributed by atoms with E-state index in [4.69, 9.17) is 0 Å². The van der Waals surface area contributed by atoms with Crippen molar-refractivity contribution in [1.29, 1.82) is 0 Å². The minimum Gasteiger partial charge on any atom is -0.322 e. The Morgan fingerprint density at radius 3 is 2.58 bits per heavy atom. The summed E-state index contributed by atoms with van der Waals surface area (Å²) in [5.74, 6) is 0.745. The van der Waals surface area contributed by atoms with Crippen molar-refractivity contribution in [3.05, 3.63) is 87.0 Å². The van der Waals surface area contributed by atoms with Crippen molar-refractivity contribution in [3.63, 3.8) is 0 Å². The van der Waals surface area contributed by atoms with Gasteiger partial charge in [0.2, 0.25) is 5.82 Å². The number of H-pyrrole nitrogens is 1. The lowest BCUT2D eigenvalue weighted by Crippen LogP contribution is -3.10. The molecule has 1 saturated heterocycles. The van der Waals surface area contributed by atoms with Gasteiger partial charge in [-0.05, 0) is 64.5 Å². The molecule has 0 bridgehead atoms. The molecule has 2 aromatic carbocycles. The first kappa shape index (κ1) is 19.6. The fourth-order valence-electron chi connectivity index (χ4n) is 4.65. The third-order valence-corrected chi connectivity index (χ3v) is 6.45. The van der Waals surface area contributed by atoms with Gasteiger partial charge in [-0.15, -0.1) is 5.10 Å². The van der Waals surface area contributed by atoms with Gasteiger partial charge in [0.05, 0.1) is 25.2 Å². The lowest BCUT2D eigenvalue weighted by atomic mass is 10.0. The summed E-state index contributed by atoms with van der Waals surface area (Å²) >= 11 is 0. The monoisotopic (exact) mass is 415 g/mol. The highest BCUT2D eigenvalue weighted by atomic mass is 16.1. The molecule has 1 aliphatic heterocycles. The highest BCUT2D eigenvalue weighted by molar-refractivity contribution is 5.80. The molecule has 1 fully saturated rings. The number of aromatic amines is 1. The fourth-order valence-corrected chi connectivity index (χ4v) is 4.65. The van der Waals surface area contributed by atoms with Crippen LogP contribution in [0.4, 0.5) is 0 Å². The van der Waals surface area contributed by atoms with Gasteiger partial charge in [0, 0.05) is 18.4 Å². The van der Waals surface area contributed by atoms with Gasteiger partial charge in [0.25, 0.3) is 5.56 Å². The zero-order valence-electron chi connectivity index (χ0n) is 17.9. The van der Waals surface area contributed by atoms with E-state index in [2.05, 4.69) is 52.6 Å². The number of fused-ring (bicyclic) bond motifs is 1. The number of aromatic nitrogens is 5. The molecular formula is C24H27N6O+. The third-order valence-electron chi connectivity index (χ3n) is 6.45. The quantitative estimate of drug-likeness (QED) is 0.522. The Hall–Kier alpha value is -3.32. The first-order chi connectivity index (χ1) is 15.1. The van der Waals surface area contributed by atoms with Crippen molar-refractivity contribution in [3.8, 4) is 0 Å². The molecule has 2 aromatic heterocycles. The average Bonchev–Trinajstić information content (AvgIpc) is 3.44. The number of likely N-dealkylation sites (tertiary alicyclic amines) is 1. The van der Waals surface area contributed by atoms with Crippen molar-refractivity contribution in [2.24, 2.45) is 0 Å². The highest BCUT2D eigenvalue weighted by Gasteiger charge is 2.35. The van der Waals surface area contributed by atoms with Crippen molar-refractivity contribution in [2.75, 3.05) is 13.1 Å². The molecule has 3 heterocycles. The predicted molar refractivity (Wildman–Crippen MR) is 119 cm³/mol. The third kappa shape index (κ3) is 3.77. The molecule has 0 radical (unpaired) electrons. The van der Waals surface area contributed by atoms with Crippen molar-refractivity contribution < 1.29 is 4.90 Å². The largest absolute Gasteiger partial charge is 0.322 e. The van der Waals surface area contributed by atoms with Crippen LogP contribution in [0.15, 0.2) is 53.3 Å². The number of tetrazole rings is 1. The van der Waals surface area contributed by atoms with Crippen LogP contribution in [0, 0.1) is 13.8 Å². The normalized spacial score (nSPS) is 15.5. The minimum absolute atomic E-state index is 0.0607. The van der Waals surface area contributed by atoms with Gasteiger partial charge in [-0.1, -0.05) is 30.3 Å². The maximum absolute atomic E-state index is 13.2. The molecule has 0 amide bonds. The van der Waals surface area contributed by atoms with E-state index >= 15 is 0 Å². The number of aryl methyl sites for hydroxylation is 2. The van der Waals surface area contributed by atoms with E-state index in [1.165, 1.54) is 16.0 Å². The standard InChI is InChI=1S/C24H26N6O/c1-16-12-19-14-20(24(31)25-21(19)13-17(16)2)22(29-10-6-7-11-29)23-26-27-28-30(23)15-18-8-4-3-5-9-18/h3-5,8-9,12-14,22H,6-7,10-11,15H2,1-2H3,(H,25,31)/p+1/t22-/m0/s1. The fraction of sp³-hybridized carbons (Fsp3) is 0.333. The number of benzene rings is 2. The minimum atomic E-state index is -0.198. The van der Waals surface area contributed by atoms with E-state index < -0.39 is 0 Å². The van der Waals surface area contributed by atoms with Crippen LogP contribution in [0.25, 0.3) is 10.9 Å². The Bertz CT molecular complexity index is 1270. The Labute approximate surface area is 180 Å². The summed E-state index contributed by atoms with van der Waals surface area (Å²) < 4.78 is 1.84. The molecule has 7 nitrogen and oxygen atoms in total. The first-order valence-corrected chi connectivity index (χ1v) is 10.9. The van der Waals surface area contributed by atoms with E-state index in [1.54, 1.807) is 0 Å². The molecule has 0 aliphatic carbocycles. The molecule has 0 spiro atoms. The summed E-state index contributed by atoms with van der Waals surface area (Å²) in [7, 11) is 0. The highest BCUT2D eigenvalue weighted by Crippen LogP contribution is 2.22. The number of hydrogen-bond donors (Lipinski definition) is 2. The summed E-state index contributed by atoms with van der Waals surface area (Å²) in [6.07, 6.45) is 2.30. The van der Waals surface area contributed by atoms with Crippen molar-refractivity contribution in [1.82, 2.24) is 25.2 Å². The molecule has 5 rings (SSSR count). The van der Waals surface area contributed by atoms with Crippen LogP contribution in [0.5, 0.6) is 0 Å². The van der Waals surface area contributed by atoms with E-state index in [1.807, 2.05) is 35.0 Å². The molecule has 1 aliphatic rings. The summed E-state index contributed by atoms with van der Waals surface area (Å²) in [5.41, 5.74) is 5.06. The molecule has 7 heteroatoms. The van der Waals surface area contributed by atoms with Crippen molar-refractivity contribution >= 4 is 10.9 Å². The number of quaternary nitrogens is 1. The van der Waals surface area contributed by atoms with Gasteiger partial charge in [0.15, 0.2) is 6.04 Å². The second-order valence-electron chi connectivity index (χ2n) is 8.56. The van der Waals surface area contributed by atoms with Gasteiger partial charge < -0.3 is 9.88 Å². The molecule has 158 valence electrons. The summed E-state index contributed by atoms with van der Waals surface area (Å²) in [4.78, 5) is 17.7. The van der Waals surface area contributed by atoms with Crippen LogP contribution in [-0.2, 0) is 6.54 Å². The molecule has 0 unspecified atom stereocenters. The first-order valence-electron chi connectivity index (χ1n) is 10.9. The molecule has 2 N–H and O–H groups in total. The Balaban J connectivity index is 1.63. The van der Waals surface area contributed by atoms with Crippen LogP contribution < -0.4 is 10.5 Å². The Morgan fingerprint density at radius 1 is 1.06 bits per heavy atom. The topological polar surface area (TPSA) is 80.9 Å². The molecule has 4 aromatic rings. The van der Waals surface area contributed by atoms with E-state index in [-0.39, 0.29) is 11.6 Å². The zero-order chi connectivity index (χ0) is 21.4. The van der Waals surface area contributed by atoms with Crippen LogP contribution in [-0.4, -0.2) is 38.3 Å². The lowest BCUT2D eigenvalue weighted by Gasteiger charge is -2.23. The molecule has 1 atom stereocenters. The average molecular weight is 416 g/mol. The Kier molecular flexibility index (Phi) is 5.11. The molecule has 0 saturated carbocycles. The van der Waals surface area contributed by atoms with Crippen LogP contribution in [0.2, 0.25) is 0 Å². The van der Waals surface area contributed by atoms with Gasteiger partial charge in [-0.2, -0.15) is 0 Å². The summed E-state index contributed by atoms with van der Waals surface area (Å²) in [6, 6.07) is 16.2. The van der Waals surface area contributed by atoms with E-state index in [9.17, 15) is 4.79 Å². The molecule has 31 heavy (non-hydrogen) atoms.